The van der Waals surface area contributed by atoms with Crippen LogP contribution >= 0.6 is 12.6 Å². The van der Waals surface area contributed by atoms with E-state index in [4.69, 9.17) is 4.98 Å². The Morgan fingerprint density at radius 1 is 0.865 bits per heavy atom. The first kappa shape index (κ1) is 27.0. The van der Waals surface area contributed by atoms with Crippen molar-refractivity contribution < 1.29 is 0 Å². The standard InChI is InChI=1S/C32H40N4S/c1-4-6-18-28(34-23-24-19-20-27(33-3)29(37)22-24)31-30(25-14-10-8-11-15-25)35-32(36(31)21-7-5-2)26-16-12-9-13-17-26/h8-17,19-20,22,28,33-34,37H,4-7,18,21,23H2,1-3H3. The van der Waals surface area contributed by atoms with Crippen molar-refractivity contribution in [2.24, 2.45) is 0 Å². The molecule has 0 aliphatic carbocycles. The van der Waals surface area contributed by atoms with Crippen molar-refractivity contribution in [3.8, 4) is 22.6 Å². The van der Waals surface area contributed by atoms with Gasteiger partial charge in [0.1, 0.15) is 5.82 Å². The third-order valence-electron chi connectivity index (χ3n) is 6.88. The lowest BCUT2D eigenvalue weighted by Gasteiger charge is -2.23. The van der Waals surface area contributed by atoms with E-state index in [9.17, 15) is 0 Å². The topological polar surface area (TPSA) is 41.9 Å². The number of nitrogens with zero attached hydrogens (tertiary/aromatic N) is 2. The fourth-order valence-corrected chi connectivity index (χ4v) is 5.21. The van der Waals surface area contributed by atoms with E-state index in [0.29, 0.717) is 0 Å². The zero-order valence-electron chi connectivity index (χ0n) is 22.4. The van der Waals surface area contributed by atoms with Crippen molar-refractivity contribution in [1.82, 2.24) is 14.9 Å². The minimum Gasteiger partial charge on any atom is -0.387 e. The maximum Gasteiger partial charge on any atom is 0.140 e. The van der Waals surface area contributed by atoms with Gasteiger partial charge in [-0.1, -0.05) is 99.8 Å². The van der Waals surface area contributed by atoms with Gasteiger partial charge in [0, 0.05) is 47.9 Å². The van der Waals surface area contributed by atoms with Crippen LogP contribution < -0.4 is 10.6 Å². The van der Waals surface area contributed by atoms with Crippen LogP contribution in [-0.2, 0) is 13.1 Å². The predicted octanol–water partition coefficient (Wildman–Crippen LogP) is 8.37. The molecule has 1 heterocycles. The van der Waals surface area contributed by atoms with E-state index in [2.05, 4.69) is 121 Å². The lowest BCUT2D eigenvalue weighted by atomic mass is 10.0. The van der Waals surface area contributed by atoms with Crippen LogP contribution in [0.15, 0.2) is 83.8 Å². The highest BCUT2D eigenvalue weighted by atomic mass is 32.1. The lowest BCUT2D eigenvalue weighted by Crippen LogP contribution is -2.24. The molecule has 3 aromatic carbocycles. The monoisotopic (exact) mass is 512 g/mol. The molecule has 0 saturated carbocycles. The largest absolute Gasteiger partial charge is 0.387 e. The van der Waals surface area contributed by atoms with Crippen LogP contribution in [0.4, 0.5) is 5.69 Å². The van der Waals surface area contributed by atoms with E-state index in [1.165, 1.54) is 22.4 Å². The fraction of sp³-hybridized carbons (Fsp3) is 0.344. The van der Waals surface area contributed by atoms with Gasteiger partial charge in [-0.3, -0.25) is 0 Å². The number of benzene rings is 3. The summed E-state index contributed by atoms with van der Waals surface area (Å²) in [5.74, 6) is 1.06. The summed E-state index contributed by atoms with van der Waals surface area (Å²) in [6.07, 6.45) is 5.63. The molecule has 0 aliphatic rings. The van der Waals surface area contributed by atoms with Crippen molar-refractivity contribution in [3.63, 3.8) is 0 Å². The number of anilines is 1. The highest BCUT2D eigenvalue weighted by molar-refractivity contribution is 7.80. The number of aromatic nitrogens is 2. The normalized spacial score (nSPS) is 12.0. The van der Waals surface area contributed by atoms with Gasteiger partial charge in [-0.05, 0) is 30.5 Å². The zero-order chi connectivity index (χ0) is 26.0. The third-order valence-corrected chi connectivity index (χ3v) is 7.25. The van der Waals surface area contributed by atoms with E-state index in [0.717, 1.165) is 67.3 Å². The molecule has 0 radical (unpaired) electrons. The van der Waals surface area contributed by atoms with Gasteiger partial charge in [-0.25, -0.2) is 4.98 Å². The summed E-state index contributed by atoms with van der Waals surface area (Å²) in [5.41, 5.74) is 7.00. The van der Waals surface area contributed by atoms with E-state index in [1.54, 1.807) is 0 Å². The lowest BCUT2D eigenvalue weighted by molar-refractivity contribution is 0.449. The first-order chi connectivity index (χ1) is 18.2. The van der Waals surface area contributed by atoms with Crippen LogP contribution in [0.1, 0.15) is 63.3 Å². The Morgan fingerprint density at radius 3 is 2.16 bits per heavy atom. The Balaban J connectivity index is 1.80. The Hall–Kier alpha value is -3.02. The van der Waals surface area contributed by atoms with Gasteiger partial charge in [0.2, 0.25) is 0 Å². The van der Waals surface area contributed by atoms with Crippen molar-refractivity contribution in [2.45, 2.75) is 70.0 Å². The second-order valence-corrected chi connectivity index (χ2v) is 10.1. The first-order valence-corrected chi connectivity index (χ1v) is 14.0. The summed E-state index contributed by atoms with van der Waals surface area (Å²) in [6.45, 7) is 6.26. The Bertz CT molecular complexity index is 1250. The second-order valence-electron chi connectivity index (χ2n) is 9.58. The molecule has 2 N–H and O–H groups in total. The van der Waals surface area contributed by atoms with Gasteiger partial charge in [0.05, 0.1) is 11.4 Å². The van der Waals surface area contributed by atoms with Crippen LogP contribution in [0.5, 0.6) is 0 Å². The molecule has 4 rings (SSSR count). The number of hydrogen-bond acceptors (Lipinski definition) is 4. The molecule has 1 aromatic heterocycles. The Morgan fingerprint density at radius 2 is 1.54 bits per heavy atom. The average molecular weight is 513 g/mol. The molecule has 0 bridgehead atoms. The molecule has 4 nitrogen and oxygen atoms in total. The minimum atomic E-state index is 0.185. The van der Waals surface area contributed by atoms with Gasteiger partial charge in [-0.2, -0.15) is 0 Å². The molecule has 0 fully saturated rings. The molecular weight excluding hydrogens is 472 g/mol. The number of nitrogens with one attached hydrogen (secondary N) is 2. The molecule has 1 atom stereocenters. The average Bonchev–Trinajstić information content (AvgIpc) is 3.32. The summed E-state index contributed by atoms with van der Waals surface area (Å²) >= 11 is 4.68. The summed E-state index contributed by atoms with van der Waals surface area (Å²) in [5, 5.41) is 7.13. The smallest absolute Gasteiger partial charge is 0.140 e. The van der Waals surface area contributed by atoms with Crippen LogP contribution in [0.2, 0.25) is 0 Å². The van der Waals surface area contributed by atoms with Gasteiger partial charge >= 0.3 is 0 Å². The highest BCUT2D eigenvalue weighted by Gasteiger charge is 2.25. The molecule has 0 amide bonds. The quantitative estimate of drug-likeness (QED) is 0.158. The van der Waals surface area contributed by atoms with E-state index >= 15 is 0 Å². The summed E-state index contributed by atoms with van der Waals surface area (Å²) in [6, 6.07) is 27.9. The number of rotatable bonds is 13. The molecule has 0 spiro atoms. The molecule has 0 aliphatic heterocycles. The molecule has 1 unspecified atom stereocenters. The van der Waals surface area contributed by atoms with Gasteiger partial charge in [0.15, 0.2) is 0 Å². The molecule has 0 saturated heterocycles. The Labute approximate surface area is 228 Å². The molecule has 5 heteroatoms. The number of unbranched alkanes of at least 4 members (excludes halogenated alkanes) is 2. The summed E-state index contributed by atoms with van der Waals surface area (Å²) in [4.78, 5) is 6.30. The molecular formula is C32H40N4S. The maximum absolute atomic E-state index is 5.33. The molecule has 194 valence electrons. The number of thiol groups is 1. The molecule has 37 heavy (non-hydrogen) atoms. The van der Waals surface area contributed by atoms with E-state index < -0.39 is 0 Å². The van der Waals surface area contributed by atoms with Crippen LogP contribution in [0, 0.1) is 0 Å². The van der Waals surface area contributed by atoms with Crippen molar-refractivity contribution in [1.29, 1.82) is 0 Å². The highest BCUT2D eigenvalue weighted by Crippen LogP contribution is 2.36. The van der Waals surface area contributed by atoms with Gasteiger partial charge in [0.25, 0.3) is 0 Å². The first-order valence-electron chi connectivity index (χ1n) is 13.6. The summed E-state index contributed by atoms with van der Waals surface area (Å²) in [7, 11) is 1.93. The van der Waals surface area contributed by atoms with Crippen LogP contribution in [0.25, 0.3) is 22.6 Å². The molecule has 4 aromatic rings. The van der Waals surface area contributed by atoms with Crippen molar-refractivity contribution in [2.75, 3.05) is 12.4 Å². The fourth-order valence-electron chi connectivity index (χ4n) is 4.86. The number of imidazole rings is 1. The zero-order valence-corrected chi connectivity index (χ0v) is 23.3. The van der Waals surface area contributed by atoms with Gasteiger partial charge < -0.3 is 15.2 Å². The summed E-state index contributed by atoms with van der Waals surface area (Å²) < 4.78 is 2.49. The predicted molar refractivity (Wildman–Crippen MR) is 160 cm³/mol. The third kappa shape index (κ3) is 6.65. The minimum absolute atomic E-state index is 0.185. The number of hydrogen-bond donors (Lipinski definition) is 3. The SMILES string of the molecule is CCCCC(NCc1ccc(NC)c(S)c1)c1c(-c2ccccc2)nc(-c2ccccc2)n1CCCC. The van der Waals surface area contributed by atoms with Crippen LogP contribution in [-0.4, -0.2) is 16.6 Å². The second kappa shape index (κ2) is 13.5. The van der Waals surface area contributed by atoms with Crippen molar-refractivity contribution >= 4 is 18.3 Å². The van der Waals surface area contributed by atoms with Gasteiger partial charge in [-0.15, -0.1) is 12.6 Å². The van der Waals surface area contributed by atoms with E-state index in [-0.39, 0.29) is 6.04 Å². The Kier molecular flexibility index (Phi) is 9.86. The maximum atomic E-state index is 5.33. The van der Waals surface area contributed by atoms with Crippen molar-refractivity contribution in [3.05, 3.63) is 90.1 Å². The van der Waals surface area contributed by atoms with E-state index in [1.807, 2.05) is 7.05 Å². The van der Waals surface area contributed by atoms with Crippen LogP contribution in [0.3, 0.4) is 0 Å².